The lowest BCUT2D eigenvalue weighted by Crippen LogP contribution is -2.18. The number of nitrogens with one attached hydrogen (secondary N) is 1. The summed E-state index contributed by atoms with van der Waals surface area (Å²) in [5, 5.41) is 3.12. The SMILES string of the molecule is O=c1c2c([nH]n1-c1ccc(Br)cn1)CCC2. The molecule has 0 spiro atoms. The van der Waals surface area contributed by atoms with Gasteiger partial charge in [-0.25, -0.2) is 9.67 Å². The van der Waals surface area contributed by atoms with Crippen molar-refractivity contribution in [1.29, 1.82) is 0 Å². The molecule has 0 bridgehead atoms. The molecular weight excluding hydrogens is 270 g/mol. The third kappa shape index (κ3) is 1.43. The number of H-pyrrole nitrogens is 1. The number of pyridine rings is 1. The second kappa shape index (κ2) is 3.59. The Morgan fingerprint density at radius 1 is 1.38 bits per heavy atom. The Morgan fingerprint density at radius 3 is 2.94 bits per heavy atom. The predicted octanol–water partition coefficient (Wildman–Crippen LogP) is 1.81. The van der Waals surface area contributed by atoms with Gasteiger partial charge in [0.2, 0.25) is 0 Å². The van der Waals surface area contributed by atoms with E-state index in [0.29, 0.717) is 5.82 Å². The molecule has 0 unspecified atom stereocenters. The minimum Gasteiger partial charge on any atom is -0.293 e. The molecular formula is C11H10BrN3O. The van der Waals surface area contributed by atoms with Gasteiger partial charge in [-0.3, -0.25) is 9.89 Å². The van der Waals surface area contributed by atoms with E-state index in [0.717, 1.165) is 35.0 Å². The zero-order valence-corrected chi connectivity index (χ0v) is 10.1. The van der Waals surface area contributed by atoms with Crippen molar-refractivity contribution in [2.75, 3.05) is 0 Å². The summed E-state index contributed by atoms with van der Waals surface area (Å²) < 4.78 is 2.43. The molecule has 0 saturated heterocycles. The molecule has 1 aliphatic rings. The van der Waals surface area contributed by atoms with Crippen LogP contribution in [0, 0.1) is 0 Å². The van der Waals surface area contributed by atoms with Crippen LogP contribution in [0.15, 0.2) is 27.6 Å². The van der Waals surface area contributed by atoms with Crippen LogP contribution >= 0.6 is 15.9 Å². The second-order valence-corrected chi connectivity index (χ2v) is 4.81. The highest BCUT2D eigenvalue weighted by Gasteiger charge is 2.19. The number of hydrogen-bond acceptors (Lipinski definition) is 2. The van der Waals surface area contributed by atoms with Crippen LogP contribution in [0.25, 0.3) is 5.82 Å². The summed E-state index contributed by atoms with van der Waals surface area (Å²) in [6.45, 7) is 0. The van der Waals surface area contributed by atoms with Gasteiger partial charge in [0, 0.05) is 21.9 Å². The number of aryl methyl sites for hydroxylation is 1. The van der Waals surface area contributed by atoms with Crippen molar-refractivity contribution in [3.05, 3.63) is 44.4 Å². The van der Waals surface area contributed by atoms with Gasteiger partial charge in [-0.15, -0.1) is 0 Å². The number of rotatable bonds is 1. The molecule has 1 N–H and O–H groups in total. The van der Waals surface area contributed by atoms with E-state index in [1.807, 2.05) is 12.1 Å². The largest absolute Gasteiger partial charge is 0.293 e. The average Bonchev–Trinajstić information content (AvgIpc) is 2.84. The van der Waals surface area contributed by atoms with Gasteiger partial charge in [-0.2, -0.15) is 0 Å². The minimum atomic E-state index is 0.0438. The molecule has 82 valence electrons. The molecule has 0 aromatic carbocycles. The number of fused-ring (bicyclic) bond motifs is 1. The van der Waals surface area contributed by atoms with E-state index in [2.05, 4.69) is 26.0 Å². The predicted molar refractivity (Wildman–Crippen MR) is 63.9 cm³/mol. The number of aromatic amines is 1. The lowest BCUT2D eigenvalue weighted by Gasteiger charge is -2.00. The van der Waals surface area contributed by atoms with Gasteiger partial charge in [0.1, 0.15) is 0 Å². The Hall–Kier alpha value is -1.36. The summed E-state index contributed by atoms with van der Waals surface area (Å²) in [5.74, 6) is 0.641. The van der Waals surface area contributed by atoms with Gasteiger partial charge < -0.3 is 0 Å². The van der Waals surface area contributed by atoms with E-state index < -0.39 is 0 Å². The first-order valence-electron chi connectivity index (χ1n) is 5.20. The van der Waals surface area contributed by atoms with Crippen LogP contribution in [0.3, 0.4) is 0 Å². The van der Waals surface area contributed by atoms with Gasteiger partial charge in [-0.05, 0) is 47.3 Å². The Morgan fingerprint density at radius 2 is 2.25 bits per heavy atom. The van der Waals surface area contributed by atoms with E-state index >= 15 is 0 Å². The van der Waals surface area contributed by atoms with Crippen LogP contribution in [0.4, 0.5) is 0 Å². The maximum atomic E-state index is 12.0. The lowest BCUT2D eigenvalue weighted by atomic mass is 10.3. The monoisotopic (exact) mass is 279 g/mol. The van der Waals surface area contributed by atoms with Crippen molar-refractivity contribution in [3.63, 3.8) is 0 Å². The van der Waals surface area contributed by atoms with Crippen molar-refractivity contribution in [3.8, 4) is 5.82 Å². The van der Waals surface area contributed by atoms with Crippen molar-refractivity contribution >= 4 is 15.9 Å². The summed E-state index contributed by atoms with van der Waals surface area (Å²) in [4.78, 5) is 16.2. The molecule has 5 heteroatoms. The van der Waals surface area contributed by atoms with Gasteiger partial charge in [0.15, 0.2) is 5.82 Å². The zero-order valence-electron chi connectivity index (χ0n) is 8.53. The molecule has 3 rings (SSSR count). The highest BCUT2D eigenvalue weighted by Crippen LogP contribution is 2.17. The zero-order chi connectivity index (χ0) is 11.1. The van der Waals surface area contributed by atoms with E-state index in [1.54, 1.807) is 6.20 Å². The molecule has 2 aromatic heterocycles. The molecule has 0 saturated carbocycles. The van der Waals surface area contributed by atoms with Crippen molar-refractivity contribution in [1.82, 2.24) is 14.8 Å². The van der Waals surface area contributed by atoms with Crippen LogP contribution in [0.5, 0.6) is 0 Å². The fraction of sp³-hybridized carbons (Fsp3) is 0.273. The van der Waals surface area contributed by atoms with Gasteiger partial charge in [-0.1, -0.05) is 0 Å². The number of hydrogen-bond donors (Lipinski definition) is 1. The smallest absolute Gasteiger partial charge is 0.276 e. The first-order chi connectivity index (χ1) is 7.75. The van der Waals surface area contributed by atoms with Gasteiger partial charge >= 0.3 is 0 Å². The topological polar surface area (TPSA) is 50.7 Å². The standard InChI is InChI=1S/C11H10BrN3O/c12-7-4-5-10(13-6-7)15-11(16)8-2-1-3-9(8)14-15/h4-6,14H,1-3H2. The minimum absolute atomic E-state index is 0.0438. The third-order valence-electron chi connectivity index (χ3n) is 2.87. The van der Waals surface area contributed by atoms with E-state index in [4.69, 9.17) is 0 Å². The molecule has 0 aliphatic heterocycles. The van der Waals surface area contributed by atoms with Crippen molar-refractivity contribution < 1.29 is 0 Å². The summed E-state index contributed by atoms with van der Waals surface area (Å²) in [7, 11) is 0. The van der Waals surface area contributed by atoms with E-state index in [-0.39, 0.29) is 5.56 Å². The first kappa shape index (κ1) is 9.84. The fourth-order valence-corrected chi connectivity index (χ4v) is 2.32. The highest BCUT2D eigenvalue weighted by atomic mass is 79.9. The fourth-order valence-electron chi connectivity index (χ4n) is 2.09. The Balaban J connectivity index is 2.14. The first-order valence-corrected chi connectivity index (χ1v) is 6.00. The Labute approximate surface area is 100 Å². The molecule has 2 heterocycles. The number of nitrogens with zero attached hydrogens (tertiary/aromatic N) is 2. The average molecular weight is 280 g/mol. The maximum Gasteiger partial charge on any atom is 0.276 e. The van der Waals surface area contributed by atoms with Crippen LogP contribution in [0.1, 0.15) is 17.7 Å². The highest BCUT2D eigenvalue weighted by molar-refractivity contribution is 9.10. The van der Waals surface area contributed by atoms with Crippen LogP contribution in [-0.2, 0) is 12.8 Å². The molecule has 0 fully saturated rings. The Bertz CT molecular complexity index is 582. The molecule has 1 aliphatic carbocycles. The van der Waals surface area contributed by atoms with E-state index in [9.17, 15) is 4.79 Å². The normalized spacial score (nSPS) is 14.1. The number of aromatic nitrogens is 3. The van der Waals surface area contributed by atoms with Gasteiger partial charge in [0.25, 0.3) is 5.56 Å². The van der Waals surface area contributed by atoms with Crippen LogP contribution < -0.4 is 5.56 Å². The quantitative estimate of drug-likeness (QED) is 0.866. The van der Waals surface area contributed by atoms with Gasteiger partial charge in [0.05, 0.1) is 0 Å². The molecule has 0 atom stereocenters. The summed E-state index contributed by atoms with van der Waals surface area (Å²) in [6.07, 6.45) is 4.61. The molecule has 0 radical (unpaired) electrons. The lowest BCUT2D eigenvalue weighted by molar-refractivity contribution is 0.763. The summed E-state index contributed by atoms with van der Waals surface area (Å²) >= 11 is 3.32. The van der Waals surface area contributed by atoms with E-state index in [1.165, 1.54) is 4.68 Å². The van der Waals surface area contributed by atoms with Crippen molar-refractivity contribution in [2.45, 2.75) is 19.3 Å². The molecule has 16 heavy (non-hydrogen) atoms. The molecule has 0 amide bonds. The molecule has 4 nitrogen and oxygen atoms in total. The Kier molecular flexibility index (Phi) is 2.21. The van der Waals surface area contributed by atoms with Crippen LogP contribution in [0.2, 0.25) is 0 Å². The summed E-state index contributed by atoms with van der Waals surface area (Å²) in [6, 6.07) is 3.69. The van der Waals surface area contributed by atoms with Crippen LogP contribution in [-0.4, -0.2) is 14.8 Å². The second-order valence-electron chi connectivity index (χ2n) is 3.90. The molecule has 2 aromatic rings. The number of halogens is 1. The maximum absolute atomic E-state index is 12.0. The third-order valence-corrected chi connectivity index (χ3v) is 3.34. The van der Waals surface area contributed by atoms with Crippen molar-refractivity contribution in [2.24, 2.45) is 0 Å². The summed E-state index contributed by atoms with van der Waals surface area (Å²) in [5.41, 5.74) is 2.03.